The van der Waals surface area contributed by atoms with Gasteiger partial charge in [0, 0.05) is 12.7 Å². The maximum atomic E-state index is 11.9. The number of nitrogens with one attached hydrogen (secondary N) is 2. The Morgan fingerprint density at radius 1 is 1.00 bits per heavy atom. The highest BCUT2D eigenvalue weighted by Gasteiger charge is 2.15. The smallest absolute Gasteiger partial charge is 0.313 e. The molecule has 0 saturated heterocycles. The monoisotopic (exact) mass is 349 g/mol. The summed E-state index contributed by atoms with van der Waals surface area (Å²) >= 11 is 0. The highest BCUT2D eigenvalue weighted by Crippen LogP contribution is 2.25. The van der Waals surface area contributed by atoms with Gasteiger partial charge >= 0.3 is 11.8 Å². The van der Waals surface area contributed by atoms with Gasteiger partial charge in [-0.15, -0.1) is 0 Å². The lowest BCUT2D eigenvalue weighted by molar-refractivity contribution is -0.136. The molecule has 0 bridgehead atoms. The van der Waals surface area contributed by atoms with Crippen LogP contribution in [0.25, 0.3) is 10.8 Å². The lowest BCUT2D eigenvalue weighted by Crippen LogP contribution is -2.36. The summed E-state index contributed by atoms with van der Waals surface area (Å²) < 4.78 is 0. The quantitative estimate of drug-likeness (QED) is 0.617. The van der Waals surface area contributed by atoms with Crippen LogP contribution in [-0.4, -0.2) is 28.4 Å². The third-order valence-electron chi connectivity index (χ3n) is 4.01. The van der Waals surface area contributed by atoms with E-state index >= 15 is 0 Å². The lowest BCUT2D eigenvalue weighted by atomic mass is 9.99. The Bertz CT molecular complexity index is 907. The molecule has 3 rings (SSSR count). The first-order valence-electron chi connectivity index (χ1n) is 8.30. The number of aliphatic hydroxyl groups excluding tert-OH is 1. The molecule has 26 heavy (non-hydrogen) atoms. The second-order valence-electron chi connectivity index (χ2n) is 5.82. The Balaban J connectivity index is 1.54. The van der Waals surface area contributed by atoms with E-state index in [1.165, 1.54) is 6.20 Å². The number of anilines is 1. The number of carbonyl (C=O) groups is 2. The van der Waals surface area contributed by atoms with Gasteiger partial charge in [-0.05, 0) is 34.9 Å². The van der Waals surface area contributed by atoms with Gasteiger partial charge in [-0.2, -0.15) is 0 Å². The van der Waals surface area contributed by atoms with Crippen molar-refractivity contribution in [3.05, 3.63) is 72.6 Å². The Morgan fingerprint density at radius 2 is 1.81 bits per heavy atom. The normalized spacial score (nSPS) is 11.7. The Labute approximate surface area is 150 Å². The van der Waals surface area contributed by atoms with Crippen LogP contribution < -0.4 is 10.6 Å². The molecule has 1 aromatic heterocycles. The van der Waals surface area contributed by atoms with Crippen molar-refractivity contribution >= 4 is 28.3 Å². The predicted octanol–water partition coefficient (Wildman–Crippen LogP) is 2.41. The van der Waals surface area contributed by atoms with Crippen molar-refractivity contribution < 1.29 is 14.7 Å². The summed E-state index contributed by atoms with van der Waals surface area (Å²) in [6, 6.07) is 16.8. The van der Waals surface area contributed by atoms with E-state index in [4.69, 9.17) is 0 Å². The maximum absolute atomic E-state index is 11.9. The van der Waals surface area contributed by atoms with Crippen molar-refractivity contribution in [1.29, 1.82) is 0 Å². The molecule has 0 spiro atoms. The van der Waals surface area contributed by atoms with Crippen LogP contribution in [-0.2, 0) is 9.59 Å². The lowest BCUT2D eigenvalue weighted by Gasteiger charge is -2.14. The summed E-state index contributed by atoms with van der Waals surface area (Å²) in [5.41, 5.74) is 1.25. The number of pyridine rings is 1. The average molecular weight is 349 g/mol. The number of aromatic nitrogens is 1. The Kier molecular flexibility index (Phi) is 5.56. The first-order chi connectivity index (χ1) is 12.6. The van der Waals surface area contributed by atoms with E-state index in [-0.39, 0.29) is 6.54 Å². The summed E-state index contributed by atoms with van der Waals surface area (Å²) in [5.74, 6) is -1.52. The van der Waals surface area contributed by atoms with E-state index < -0.39 is 17.9 Å². The fourth-order valence-corrected chi connectivity index (χ4v) is 2.72. The standard InChI is InChI=1S/C20H19N3O3/c24-18(17-9-3-6-14-5-1-2-8-16(14)17)10-12-22-19(25)20(26)23-15-7-4-11-21-13-15/h1-9,11,13,18,24H,10,12H2,(H,22,25)(H,23,26)/t18-/m1/s1. The minimum Gasteiger partial charge on any atom is -0.388 e. The number of rotatable bonds is 5. The summed E-state index contributed by atoms with van der Waals surface area (Å²) in [5, 5.41) is 17.4. The zero-order chi connectivity index (χ0) is 18.4. The maximum Gasteiger partial charge on any atom is 0.313 e. The van der Waals surface area contributed by atoms with E-state index in [0.717, 1.165) is 16.3 Å². The van der Waals surface area contributed by atoms with Gasteiger partial charge in [-0.3, -0.25) is 14.6 Å². The first-order valence-corrected chi connectivity index (χ1v) is 8.30. The minimum absolute atomic E-state index is 0.184. The van der Waals surface area contributed by atoms with Crippen LogP contribution in [0.5, 0.6) is 0 Å². The molecule has 6 heteroatoms. The molecule has 3 N–H and O–H groups in total. The van der Waals surface area contributed by atoms with Gasteiger partial charge in [0.2, 0.25) is 0 Å². The first kappa shape index (κ1) is 17.6. The van der Waals surface area contributed by atoms with Crippen LogP contribution in [0.1, 0.15) is 18.1 Å². The second kappa shape index (κ2) is 8.22. The zero-order valence-electron chi connectivity index (χ0n) is 14.1. The molecular formula is C20H19N3O3. The van der Waals surface area contributed by atoms with E-state index in [2.05, 4.69) is 15.6 Å². The molecule has 0 fully saturated rings. The number of carbonyl (C=O) groups excluding carboxylic acids is 2. The van der Waals surface area contributed by atoms with Gasteiger partial charge in [-0.25, -0.2) is 0 Å². The van der Waals surface area contributed by atoms with Gasteiger partial charge < -0.3 is 15.7 Å². The summed E-state index contributed by atoms with van der Waals surface area (Å²) in [6.07, 6.45) is 2.60. The molecule has 132 valence electrons. The van der Waals surface area contributed by atoms with Crippen molar-refractivity contribution in [2.45, 2.75) is 12.5 Å². The number of aliphatic hydroxyl groups is 1. The highest BCUT2D eigenvalue weighted by atomic mass is 16.3. The van der Waals surface area contributed by atoms with Gasteiger partial charge in [0.1, 0.15) is 0 Å². The molecular weight excluding hydrogens is 330 g/mol. The zero-order valence-corrected chi connectivity index (χ0v) is 14.1. The van der Waals surface area contributed by atoms with Crippen LogP contribution in [0.2, 0.25) is 0 Å². The van der Waals surface area contributed by atoms with Crippen molar-refractivity contribution in [2.24, 2.45) is 0 Å². The molecule has 0 saturated carbocycles. The Hall–Kier alpha value is -3.25. The van der Waals surface area contributed by atoms with E-state index in [9.17, 15) is 14.7 Å². The molecule has 0 aliphatic rings. The number of benzene rings is 2. The van der Waals surface area contributed by atoms with Gasteiger partial charge in [0.15, 0.2) is 0 Å². The fourth-order valence-electron chi connectivity index (χ4n) is 2.72. The molecule has 1 atom stereocenters. The van der Waals surface area contributed by atoms with Crippen LogP contribution >= 0.6 is 0 Å². The third-order valence-corrected chi connectivity index (χ3v) is 4.01. The molecule has 0 radical (unpaired) electrons. The molecule has 0 unspecified atom stereocenters. The largest absolute Gasteiger partial charge is 0.388 e. The SMILES string of the molecule is O=C(NCC[C@@H](O)c1cccc2ccccc12)C(=O)Nc1cccnc1. The van der Waals surface area contributed by atoms with Crippen LogP contribution in [0.3, 0.4) is 0 Å². The number of amides is 2. The second-order valence-corrected chi connectivity index (χ2v) is 5.82. The molecule has 6 nitrogen and oxygen atoms in total. The topological polar surface area (TPSA) is 91.3 Å². The van der Waals surface area contributed by atoms with Crippen molar-refractivity contribution in [3.8, 4) is 0 Å². The number of hydrogen-bond donors (Lipinski definition) is 3. The summed E-state index contributed by atoms with van der Waals surface area (Å²) in [7, 11) is 0. The number of fused-ring (bicyclic) bond motifs is 1. The number of nitrogens with zero attached hydrogens (tertiary/aromatic N) is 1. The van der Waals surface area contributed by atoms with E-state index in [0.29, 0.717) is 12.1 Å². The van der Waals surface area contributed by atoms with Crippen LogP contribution in [0.4, 0.5) is 5.69 Å². The summed E-state index contributed by atoms with van der Waals surface area (Å²) in [4.78, 5) is 27.5. The average Bonchev–Trinajstić information content (AvgIpc) is 2.68. The predicted molar refractivity (Wildman–Crippen MR) is 99.4 cm³/mol. The third kappa shape index (κ3) is 4.23. The molecule has 1 heterocycles. The van der Waals surface area contributed by atoms with Gasteiger partial charge in [0.05, 0.1) is 18.0 Å². The van der Waals surface area contributed by atoms with Crippen molar-refractivity contribution in [2.75, 3.05) is 11.9 Å². The number of hydrogen-bond acceptors (Lipinski definition) is 4. The summed E-state index contributed by atoms with van der Waals surface area (Å²) in [6.45, 7) is 0.184. The van der Waals surface area contributed by atoms with Crippen molar-refractivity contribution in [3.63, 3.8) is 0 Å². The van der Waals surface area contributed by atoms with E-state index in [1.807, 2.05) is 42.5 Å². The molecule has 3 aromatic rings. The fraction of sp³-hybridized carbons (Fsp3) is 0.150. The molecule has 0 aliphatic heterocycles. The molecule has 2 aromatic carbocycles. The van der Waals surface area contributed by atoms with Gasteiger partial charge in [-0.1, -0.05) is 42.5 Å². The van der Waals surface area contributed by atoms with Crippen LogP contribution in [0, 0.1) is 0 Å². The van der Waals surface area contributed by atoms with Crippen molar-refractivity contribution in [1.82, 2.24) is 10.3 Å². The van der Waals surface area contributed by atoms with Gasteiger partial charge in [0.25, 0.3) is 0 Å². The molecule has 0 aliphatic carbocycles. The highest BCUT2D eigenvalue weighted by molar-refractivity contribution is 6.39. The van der Waals surface area contributed by atoms with Crippen LogP contribution in [0.15, 0.2) is 67.0 Å². The molecule has 2 amide bonds. The minimum atomic E-state index is -0.766. The Morgan fingerprint density at radius 3 is 2.62 bits per heavy atom. The van der Waals surface area contributed by atoms with E-state index in [1.54, 1.807) is 18.3 Å².